The molecule has 3 amide bonds. The first-order valence-corrected chi connectivity index (χ1v) is 11.3. The second kappa shape index (κ2) is 10.5. The monoisotopic (exact) mass is 436 g/mol. The minimum Gasteiger partial charge on any atom is -0.379 e. The molecule has 2 aliphatic rings. The van der Waals surface area contributed by atoms with Crippen LogP contribution in [0.1, 0.15) is 49.9 Å². The zero-order chi connectivity index (χ0) is 21.6. The van der Waals surface area contributed by atoms with Gasteiger partial charge < -0.3 is 20.3 Å². The summed E-state index contributed by atoms with van der Waals surface area (Å²) in [5.41, 5.74) is 0.769. The maximum Gasteiger partial charge on any atom is 0.319 e. The molecular formula is C22H33ClN4O3. The number of piperidine rings is 1. The van der Waals surface area contributed by atoms with Gasteiger partial charge in [-0.15, -0.1) is 0 Å². The molecule has 166 valence electrons. The number of morpholine rings is 1. The molecule has 0 spiro atoms. The molecule has 2 fully saturated rings. The van der Waals surface area contributed by atoms with E-state index in [9.17, 15) is 9.59 Å². The van der Waals surface area contributed by atoms with Crippen LogP contribution in [-0.4, -0.2) is 73.2 Å². The Kier molecular flexibility index (Phi) is 7.97. The quantitative estimate of drug-likeness (QED) is 0.714. The van der Waals surface area contributed by atoms with Gasteiger partial charge in [0.05, 0.1) is 24.5 Å². The topological polar surface area (TPSA) is 73.9 Å². The first-order chi connectivity index (χ1) is 14.4. The van der Waals surface area contributed by atoms with Crippen molar-refractivity contribution in [2.24, 2.45) is 0 Å². The van der Waals surface area contributed by atoms with Gasteiger partial charge in [0.25, 0.3) is 5.91 Å². The van der Waals surface area contributed by atoms with E-state index < -0.39 is 0 Å². The molecular weight excluding hydrogens is 404 g/mol. The molecule has 0 bridgehead atoms. The molecule has 0 aliphatic carbocycles. The number of likely N-dealkylation sites (tertiary alicyclic amines) is 1. The van der Waals surface area contributed by atoms with Crippen molar-refractivity contribution in [3.63, 3.8) is 0 Å². The molecule has 2 heterocycles. The van der Waals surface area contributed by atoms with Crippen molar-refractivity contribution in [3.05, 3.63) is 28.8 Å². The van der Waals surface area contributed by atoms with Crippen LogP contribution < -0.4 is 10.6 Å². The summed E-state index contributed by atoms with van der Waals surface area (Å²) in [7, 11) is 0. The van der Waals surface area contributed by atoms with Gasteiger partial charge in [0.15, 0.2) is 0 Å². The second-order valence-electron chi connectivity index (χ2n) is 8.30. The summed E-state index contributed by atoms with van der Waals surface area (Å²) in [6.07, 6.45) is 4.08. The van der Waals surface area contributed by atoms with E-state index >= 15 is 0 Å². The highest BCUT2D eigenvalue weighted by Crippen LogP contribution is 2.24. The maximum atomic E-state index is 13.0. The van der Waals surface area contributed by atoms with Gasteiger partial charge in [-0.25, -0.2) is 4.79 Å². The first kappa shape index (κ1) is 22.8. The highest BCUT2D eigenvalue weighted by Gasteiger charge is 2.32. The van der Waals surface area contributed by atoms with Crippen molar-refractivity contribution in [2.45, 2.75) is 45.1 Å². The number of carbonyl (C=O) groups excluding carboxylic acids is 2. The molecule has 2 saturated heterocycles. The van der Waals surface area contributed by atoms with Crippen LogP contribution in [0.5, 0.6) is 0 Å². The third-order valence-electron chi connectivity index (χ3n) is 6.27. The smallest absolute Gasteiger partial charge is 0.319 e. The lowest BCUT2D eigenvalue weighted by Gasteiger charge is -2.43. The van der Waals surface area contributed by atoms with Gasteiger partial charge in [-0.2, -0.15) is 0 Å². The van der Waals surface area contributed by atoms with E-state index in [0.717, 1.165) is 51.9 Å². The van der Waals surface area contributed by atoms with Crippen LogP contribution in [0.25, 0.3) is 0 Å². The molecule has 0 saturated carbocycles. The number of anilines is 1. The Hall–Kier alpha value is -1.83. The number of rotatable bonds is 6. The number of amides is 3. The highest BCUT2D eigenvalue weighted by atomic mass is 35.5. The van der Waals surface area contributed by atoms with E-state index in [-0.39, 0.29) is 17.5 Å². The third-order valence-corrected chi connectivity index (χ3v) is 6.50. The Morgan fingerprint density at radius 2 is 1.83 bits per heavy atom. The Bertz CT molecular complexity index is 748. The molecule has 1 aromatic carbocycles. The molecule has 2 aliphatic heterocycles. The van der Waals surface area contributed by atoms with Crippen LogP contribution >= 0.6 is 11.6 Å². The summed E-state index contributed by atoms with van der Waals surface area (Å²) >= 11 is 6.15. The molecule has 3 rings (SSSR count). The Labute approximate surface area is 184 Å². The highest BCUT2D eigenvalue weighted by molar-refractivity contribution is 6.31. The molecule has 7 nitrogen and oxygen atoms in total. The van der Waals surface area contributed by atoms with Crippen LogP contribution in [0.4, 0.5) is 10.5 Å². The fourth-order valence-corrected chi connectivity index (χ4v) is 4.25. The Morgan fingerprint density at radius 1 is 1.13 bits per heavy atom. The SMILES string of the molecule is CC[C@](C)(CNC(=O)Nc1cc(Cl)ccc1C(=O)N1CCCCC1)N1CCOCC1. The number of benzene rings is 1. The van der Waals surface area contributed by atoms with Gasteiger partial charge in [0.1, 0.15) is 0 Å². The maximum absolute atomic E-state index is 13.0. The lowest BCUT2D eigenvalue weighted by Crippen LogP contribution is -2.57. The molecule has 0 aromatic heterocycles. The predicted octanol–water partition coefficient (Wildman–Crippen LogP) is 3.59. The van der Waals surface area contributed by atoms with E-state index in [4.69, 9.17) is 16.3 Å². The normalized spacial score (nSPS) is 19.8. The zero-order valence-electron chi connectivity index (χ0n) is 18.0. The van der Waals surface area contributed by atoms with E-state index in [1.54, 1.807) is 18.2 Å². The lowest BCUT2D eigenvalue weighted by molar-refractivity contribution is -0.0163. The van der Waals surface area contributed by atoms with Gasteiger partial charge in [-0.1, -0.05) is 18.5 Å². The van der Waals surface area contributed by atoms with Crippen molar-refractivity contribution >= 4 is 29.2 Å². The van der Waals surface area contributed by atoms with Crippen molar-refractivity contribution in [1.29, 1.82) is 0 Å². The Morgan fingerprint density at radius 3 is 2.50 bits per heavy atom. The number of nitrogens with zero attached hydrogens (tertiary/aromatic N) is 2. The number of urea groups is 1. The van der Waals surface area contributed by atoms with Crippen molar-refractivity contribution in [2.75, 3.05) is 51.3 Å². The summed E-state index contributed by atoms with van der Waals surface area (Å²) in [5, 5.41) is 6.31. The Balaban J connectivity index is 1.65. The molecule has 0 unspecified atom stereocenters. The van der Waals surface area contributed by atoms with Crippen LogP contribution in [0.3, 0.4) is 0 Å². The van der Waals surface area contributed by atoms with Gasteiger partial charge in [0, 0.05) is 43.3 Å². The number of ether oxygens (including phenoxy) is 1. The summed E-state index contributed by atoms with van der Waals surface area (Å²) < 4.78 is 5.45. The van der Waals surface area contributed by atoms with Crippen LogP contribution in [0.15, 0.2) is 18.2 Å². The summed E-state index contributed by atoms with van der Waals surface area (Å²) in [6, 6.07) is 4.69. The van der Waals surface area contributed by atoms with E-state index in [1.807, 2.05) is 4.90 Å². The van der Waals surface area contributed by atoms with Crippen LogP contribution in [0.2, 0.25) is 5.02 Å². The van der Waals surface area contributed by atoms with Gasteiger partial charge in [-0.05, 0) is 50.8 Å². The molecule has 30 heavy (non-hydrogen) atoms. The molecule has 0 radical (unpaired) electrons. The largest absolute Gasteiger partial charge is 0.379 e. The standard InChI is InChI=1S/C22H33ClN4O3/c1-3-22(2,27-11-13-30-14-12-27)16-24-21(29)25-19-15-17(23)7-8-18(19)20(28)26-9-5-4-6-10-26/h7-8,15H,3-6,9-14,16H2,1-2H3,(H2,24,25,29)/t22-/m1/s1. The predicted molar refractivity (Wildman–Crippen MR) is 119 cm³/mol. The summed E-state index contributed by atoms with van der Waals surface area (Å²) in [5.74, 6) is -0.0617. The summed E-state index contributed by atoms with van der Waals surface area (Å²) in [4.78, 5) is 29.9. The third kappa shape index (κ3) is 5.65. The number of hydrogen-bond donors (Lipinski definition) is 2. The fraction of sp³-hybridized carbons (Fsp3) is 0.636. The van der Waals surface area contributed by atoms with E-state index in [0.29, 0.717) is 36.0 Å². The van der Waals surface area contributed by atoms with Gasteiger partial charge in [0.2, 0.25) is 0 Å². The zero-order valence-corrected chi connectivity index (χ0v) is 18.8. The minimum absolute atomic E-state index is 0.0617. The number of carbonyl (C=O) groups is 2. The number of nitrogens with one attached hydrogen (secondary N) is 2. The van der Waals surface area contributed by atoms with Crippen LogP contribution in [-0.2, 0) is 4.74 Å². The van der Waals surface area contributed by atoms with E-state index in [1.165, 1.54) is 0 Å². The van der Waals surface area contributed by atoms with Crippen molar-refractivity contribution in [3.8, 4) is 0 Å². The molecule has 1 aromatic rings. The van der Waals surface area contributed by atoms with Gasteiger partial charge in [-0.3, -0.25) is 9.69 Å². The average Bonchev–Trinajstić information content (AvgIpc) is 2.78. The molecule has 2 N–H and O–H groups in total. The fourth-order valence-electron chi connectivity index (χ4n) is 4.07. The van der Waals surface area contributed by atoms with E-state index in [2.05, 4.69) is 29.4 Å². The average molecular weight is 437 g/mol. The minimum atomic E-state index is -0.335. The summed E-state index contributed by atoms with van der Waals surface area (Å²) in [6.45, 7) is 9.43. The van der Waals surface area contributed by atoms with Crippen molar-refractivity contribution in [1.82, 2.24) is 15.1 Å². The van der Waals surface area contributed by atoms with Gasteiger partial charge >= 0.3 is 6.03 Å². The number of halogens is 1. The van der Waals surface area contributed by atoms with Crippen LogP contribution in [0, 0.1) is 0 Å². The molecule has 8 heteroatoms. The molecule has 1 atom stereocenters. The second-order valence-corrected chi connectivity index (χ2v) is 8.74. The number of hydrogen-bond acceptors (Lipinski definition) is 4. The van der Waals surface area contributed by atoms with Crippen molar-refractivity contribution < 1.29 is 14.3 Å². The first-order valence-electron chi connectivity index (χ1n) is 10.9. The lowest BCUT2D eigenvalue weighted by atomic mass is 9.95.